The second kappa shape index (κ2) is 6.87. The van der Waals surface area contributed by atoms with E-state index in [1.807, 2.05) is 0 Å². The van der Waals surface area contributed by atoms with E-state index < -0.39 is 8.32 Å². The van der Waals surface area contributed by atoms with E-state index in [9.17, 15) is 4.79 Å². The third kappa shape index (κ3) is 3.66. The first-order valence-corrected chi connectivity index (χ1v) is 12.8. The predicted octanol–water partition coefficient (Wildman–Crippen LogP) is 2.83. The summed E-state index contributed by atoms with van der Waals surface area (Å²) in [5.41, 5.74) is 0.709. The van der Waals surface area contributed by atoms with Gasteiger partial charge in [-0.3, -0.25) is 9.36 Å². The zero-order valence-electron chi connectivity index (χ0n) is 17.8. The van der Waals surface area contributed by atoms with E-state index in [0.29, 0.717) is 22.9 Å². The Morgan fingerprint density at radius 2 is 1.93 bits per heavy atom. The molecule has 9 nitrogen and oxygen atoms in total. The number of imidazole rings is 1. The molecule has 156 valence electrons. The minimum atomic E-state index is -1.76. The van der Waals surface area contributed by atoms with E-state index in [1.54, 1.807) is 17.9 Å². The van der Waals surface area contributed by atoms with Crippen molar-refractivity contribution >= 4 is 19.5 Å². The molecule has 1 aliphatic rings. The highest BCUT2D eigenvalue weighted by Gasteiger charge is 2.43. The van der Waals surface area contributed by atoms with Crippen molar-refractivity contribution in [3.63, 3.8) is 0 Å². The van der Waals surface area contributed by atoms with Crippen molar-refractivity contribution in [2.45, 2.75) is 70.3 Å². The van der Waals surface area contributed by atoms with Gasteiger partial charge in [0.1, 0.15) is 12.9 Å². The molecule has 3 aromatic rings. The fraction of sp³-hybridized carbons (Fsp3) is 0.632. The SMILES string of the molecule is Cn1cnc2ncn(Cc3nc(C4CC(O[Si](C)(C)C(C)(C)C)C4)no3)c(=O)c21. The molecule has 3 aromatic heterocycles. The Morgan fingerprint density at radius 1 is 1.24 bits per heavy atom. The van der Waals surface area contributed by atoms with Crippen LogP contribution in [0.4, 0.5) is 0 Å². The van der Waals surface area contributed by atoms with Crippen LogP contribution in [0, 0.1) is 0 Å². The average Bonchev–Trinajstić information content (AvgIpc) is 3.19. The Morgan fingerprint density at radius 3 is 2.62 bits per heavy atom. The van der Waals surface area contributed by atoms with Crippen LogP contribution in [-0.2, 0) is 18.0 Å². The van der Waals surface area contributed by atoms with E-state index in [2.05, 4.69) is 54.0 Å². The molecule has 0 N–H and O–H groups in total. The Labute approximate surface area is 170 Å². The Balaban J connectivity index is 1.41. The van der Waals surface area contributed by atoms with Crippen LogP contribution in [0.15, 0.2) is 22.0 Å². The second-order valence-electron chi connectivity index (χ2n) is 9.42. The lowest BCUT2D eigenvalue weighted by molar-refractivity contribution is 0.0802. The summed E-state index contributed by atoms with van der Waals surface area (Å²) in [5.74, 6) is 1.34. The number of fused-ring (bicyclic) bond motifs is 1. The van der Waals surface area contributed by atoms with Gasteiger partial charge in [0.15, 0.2) is 25.3 Å². The van der Waals surface area contributed by atoms with E-state index >= 15 is 0 Å². The topological polar surface area (TPSA) is 101 Å². The fourth-order valence-corrected chi connectivity index (χ4v) is 4.67. The van der Waals surface area contributed by atoms with E-state index in [1.165, 1.54) is 10.9 Å². The quantitative estimate of drug-likeness (QED) is 0.589. The molecule has 0 saturated heterocycles. The van der Waals surface area contributed by atoms with Crippen LogP contribution in [0.1, 0.15) is 51.2 Å². The summed E-state index contributed by atoms with van der Waals surface area (Å²) >= 11 is 0. The summed E-state index contributed by atoms with van der Waals surface area (Å²) in [6.45, 7) is 11.5. The Hall–Kier alpha value is -2.33. The molecule has 1 aliphatic carbocycles. The molecule has 1 saturated carbocycles. The fourth-order valence-electron chi connectivity index (χ4n) is 3.29. The zero-order chi connectivity index (χ0) is 21.0. The minimum Gasteiger partial charge on any atom is -0.414 e. The molecule has 0 amide bonds. The van der Waals surface area contributed by atoms with E-state index in [4.69, 9.17) is 8.95 Å². The molecule has 0 radical (unpaired) electrons. The highest BCUT2D eigenvalue weighted by molar-refractivity contribution is 6.74. The van der Waals surface area contributed by atoms with Crippen LogP contribution in [0.25, 0.3) is 11.2 Å². The van der Waals surface area contributed by atoms with Crippen LogP contribution in [0.3, 0.4) is 0 Å². The maximum Gasteiger partial charge on any atom is 0.280 e. The van der Waals surface area contributed by atoms with Crippen molar-refractivity contribution < 1.29 is 8.95 Å². The maximum absolute atomic E-state index is 12.6. The summed E-state index contributed by atoms with van der Waals surface area (Å²) in [4.78, 5) is 25.5. The third-order valence-corrected chi connectivity index (χ3v) is 10.8. The van der Waals surface area contributed by atoms with Gasteiger partial charge in [-0.05, 0) is 31.0 Å². The molecule has 0 bridgehead atoms. The molecule has 0 spiro atoms. The summed E-state index contributed by atoms with van der Waals surface area (Å²) in [7, 11) is 0.0122. The lowest BCUT2D eigenvalue weighted by Gasteiger charge is -2.44. The predicted molar refractivity (Wildman–Crippen MR) is 110 cm³/mol. The lowest BCUT2D eigenvalue weighted by Crippen LogP contribution is -2.47. The average molecular weight is 417 g/mol. The summed E-state index contributed by atoms with van der Waals surface area (Å²) in [6.07, 6.45) is 5.13. The van der Waals surface area contributed by atoms with Crippen molar-refractivity contribution in [1.29, 1.82) is 0 Å². The van der Waals surface area contributed by atoms with Gasteiger partial charge < -0.3 is 13.5 Å². The van der Waals surface area contributed by atoms with Gasteiger partial charge in [-0.25, -0.2) is 9.97 Å². The lowest BCUT2D eigenvalue weighted by atomic mass is 9.82. The smallest absolute Gasteiger partial charge is 0.280 e. The van der Waals surface area contributed by atoms with Gasteiger partial charge in [0.2, 0.25) is 5.89 Å². The summed E-state index contributed by atoms with van der Waals surface area (Å²) in [6, 6.07) is 0. The number of rotatable bonds is 5. The van der Waals surface area contributed by atoms with E-state index in [0.717, 1.165) is 12.8 Å². The molecule has 1 fully saturated rings. The van der Waals surface area contributed by atoms with Crippen molar-refractivity contribution in [3.05, 3.63) is 34.7 Å². The highest BCUT2D eigenvalue weighted by atomic mass is 28.4. The van der Waals surface area contributed by atoms with Crippen LogP contribution in [0.2, 0.25) is 18.1 Å². The van der Waals surface area contributed by atoms with Crippen molar-refractivity contribution in [3.8, 4) is 0 Å². The Bertz CT molecular complexity index is 1090. The van der Waals surface area contributed by atoms with Crippen molar-refractivity contribution in [1.82, 2.24) is 29.2 Å². The first-order chi connectivity index (χ1) is 13.5. The molecule has 4 rings (SSSR count). The molecule has 0 aliphatic heterocycles. The molecular weight excluding hydrogens is 388 g/mol. The summed E-state index contributed by atoms with van der Waals surface area (Å²) < 4.78 is 15.0. The van der Waals surface area contributed by atoms with Crippen LogP contribution >= 0.6 is 0 Å². The summed E-state index contributed by atoms with van der Waals surface area (Å²) in [5, 5.41) is 4.33. The molecule has 0 unspecified atom stereocenters. The van der Waals surface area contributed by atoms with Crippen LogP contribution < -0.4 is 5.56 Å². The molecular formula is C19H28N6O3Si. The number of aromatic nitrogens is 6. The second-order valence-corrected chi connectivity index (χ2v) is 14.2. The van der Waals surface area contributed by atoms with Gasteiger partial charge in [-0.1, -0.05) is 25.9 Å². The van der Waals surface area contributed by atoms with Gasteiger partial charge in [0, 0.05) is 19.1 Å². The monoisotopic (exact) mass is 416 g/mol. The van der Waals surface area contributed by atoms with Gasteiger partial charge in [-0.2, -0.15) is 4.98 Å². The van der Waals surface area contributed by atoms with Gasteiger partial charge in [-0.15, -0.1) is 0 Å². The maximum atomic E-state index is 12.6. The molecule has 3 heterocycles. The van der Waals surface area contributed by atoms with Crippen LogP contribution in [-0.4, -0.2) is 43.7 Å². The van der Waals surface area contributed by atoms with Gasteiger partial charge in [0.05, 0.1) is 6.33 Å². The normalized spacial score (nSPS) is 20.2. The highest BCUT2D eigenvalue weighted by Crippen LogP contribution is 2.43. The van der Waals surface area contributed by atoms with Crippen molar-refractivity contribution in [2.24, 2.45) is 7.05 Å². The largest absolute Gasteiger partial charge is 0.414 e. The third-order valence-electron chi connectivity index (χ3n) is 6.22. The van der Waals surface area contributed by atoms with Gasteiger partial charge >= 0.3 is 0 Å². The minimum absolute atomic E-state index is 0.179. The number of hydrogen-bond acceptors (Lipinski definition) is 7. The molecule has 0 atom stereocenters. The molecule has 29 heavy (non-hydrogen) atoms. The van der Waals surface area contributed by atoms with E-state index in [-0.39, 0.29) is 29.2 Å². The number of hydrogen-bond donors (Lipinski definition) is 0. The van der Waals surface area contributed by atoms with Crippen molar-refractivity contribution in [2.75, 3.05) is 0 Å². The Kier molecular flexibility index (Phi) is 4.73. The van der Waals surface area contributed by atoms with Crippen LogP contribution in [0.5, 0.6) is 0 Å². The number of aryl methyl sites for hydroxylation is 1. The first-order valence-electron chi connectivity index (χ1n) is 9.92. The van der Waals surface area contributed by atoms with Gasteiger partial charge in [0.25, 0.3) is 5.56 Å². The standard InChI is InChI=1S/C19H28N6O3Si/c1-19(2,3)29(5,6)28-13-7-12(8-13)16-22-14(27-23-16)9-25-11-21-17-15(18(25)26)24(4)10-20-17/h10-13H,7-9H2,1-6H3. The first kappa shape index (κ1) is 20.0. The molecule has 10 heteroatoms. The molecule has 0 aromatic carbocycles. The number of nitrogens with zero attached hydrogens (tertiary/aromatic N) is 6. The zero-order valence-corrected chi connectivity index (χ0v) is 18.8.